The Balaban J connectivity index is 1.98. The lowest BCUT2D eigenvalue weighted by atomic mass is 9.79. The summed E-state index contributed by atoms with van der Waals surface area (Å²) in [4.78, 5) is 26.9. The van der Waals surface area contributed by atoms with Crippen molar-refractivity contribution in [1.82, 2.24) is 4.98 Å². The summed E-state index contributed by atoms with van der Waals surface area (Å²) in [6.45, 7) is 0. The minimum atomic E-state index is -0.742. The van der Waals surface area contributed by atoms with Gasteiger partial charge in [-0.2, -0.15) is 0 Å². The van der Waals surface area contributed by atoms with Crippen LogP contribution < -0.4 is 0 Å². The largest absolute Gasteiger partial charge is 0.481 e. The van der Waals surface area contributed by atoms with Crippen molar-refractivity contribution in [3.05, 3.63) is 30.1 Å². The molecule has 0 amide bonds. The highest BCUT2D eigenvalue weighted by atomic mass is 16.4. The summed E-state index contributed by atoms with van der Waals surface area (Å²) in [5.41, 5.74) is 0.492. The van der Waals surface area contributed by atoms with Gasteiger partial charge in [0.1, 0.15) is 5.69 Å². The number of hydrogen-bond acceptors (Lipinski definition) is 3. The molecule has 0 atom stereocenters. The van der Waals surface area contributed by atoms with Crippen molar-refractivity contribution in [3.8, 4) is 0 Å². The summed E-state index contributed by atoms with van der Waals surface area (Å²) in [5, 5.41) is 8.88. The van der Waals surface area contributed by atoms with Gasteiger partial charge in [0.05, 0.1) is 5.92 Å². The van der Waals surface area contributed by atoms with Gasteiger partial charge in [-0.25, -0.2) is 0 Å². The maximum atomic E-state index is 12.1. The first kappa shape index (κ1) is 11.8. The Bertz CT molecular complexity index is 408. The van der Waals surface area contributed by atoms with Gasteiger partial charge in [-0.3, -0.25) is 14.6 Å². The molecule has 0 aromatic carbocycles. The second kappa shape index (κ2) is 5.08. The molecule has 0 aliphatic heterocycles. The van der Waals surface area contributed by atoms with E-state index in [-0.39, 0.29) is 17.6 Å². The normalized spacial score (nSPS) is 24.2. The van der Waals surface area contributed by atoms with Crippen LogP contribution in [0.25, 0.3) is 0 Å². The molecular weight excluding hydrogens is 218 g/mol. The highest BCUT2D eigenvalue weighted by Crippen LogP contribution is 2.30. The number of carboxylic acid groups (broad SMARTS) is 1. The summed E-state index contributed by atoms with van der Waals surface area (Å²) in [6.07, 6.45) is 4.12. The third-order valence-corrected chi connectivity index (χ3v) is 3.36. The molecule has 1 N–H and O–H groups in total. The van der Waals surface area contributed by atoms with Gasteiger partial charge < -0.3 is 5.11 Å². The van der Waals surface area contributed by atoms with Crippen molar-refractivity contribution in [2.45, 2.75) is 25.7 Å². The summed E-state index contributed by atoms with van der Waals surface area (Å²) in [5.74, 6) is -1.02. The van der Waals surface area contributed by atoms with Crippen molar-refractivity contribution in [1.29, 1.82) is 0 Å². The molecule has 0 bridgehead atoms. The van der Waals surface area contributed by atoms with Crippen molar-refractivity contribution in [3.63, 3.8) is 0 Å². The van der Waals surface area contributed by atoms with E-state index in [1.807, 2.05) is 0 Å². The van der Waals surface area contributed by atoms with Crippen LogP contribution in [-0.2, 0) is 4.79 Å². The molecule has 0 saturated heterocycles. The molecule has 1 aliphatic carbocycles. The highest BCUT2D eigenvalue weighted by Gasteiger charge is 2.30. The van der Waals surface area contributed by atoms with E-state index in [1.165, 1.54) is 0 Å². The third kappa shape index (κ3) is 2.70. The topological polar surface area (TPSA) is 67.3 Å². The fourth-order valence-corrected chi connectivity index (χ4v) is 2.32. The summed E-state index contributed by atoms with van der Waals surface area (Å²) in [6, 6.07) is 5.28. The average Bonchev–Trinajstić information content (AvgIpc) is 2.39. The van der Waals surface area contributed by atoms with E-state index in [9.17, 15) is 9.59 Å². The second-order valence-corrected chi connectivity index (χ2v) is 4.47. The monoisotopic (exact) mass is 233 g/mol. The predicted octanol–water partition coefficient (Wildman–Crippen LogP) is 2.16. The quantitative estimate of drug-likeness (QED) is 0.812. The lowest BCUT2D eigenvalue weighted by molar-refractivity contribution is -0.143. The zero-order chi connectivity index (χ0) is 12.3. The Labute approximate surface area is 99.7 Å². The number of hydrogen-bond donors (Lipinski definition) is 1. The summed E-state index contributed by atoms with van der Waals surface area (Å²) < 4.78 is 0. The van der Waals surface area contributed by atoms with Gasteiger partial charge in [0, 0.05) is 12.1 Å². The number of aliphatic carboxylic acids is 1. The van der Waals surface area contributed by atoms with Crippen LogP contribution in [-0.4, -0.2) is 21.8 Å². The number of ketones is 1. The molecule has 4 nitrogen and oxygen atoms in total. The molecule has 0 radical (unpaired) electrons. The van der Waals surface area contributed by atoms with Crippen molar-refractivity contribution < 1.29 is 14.7 Å². The maximum Gasteiger partial charge on any atom is 0.306 e. The van der Waals surface area contributed by atoms with E-state index in [0.717, 1.165) is 0 Å². The molecule has 90 valence electrons. The average molecular weight is 233 g/mol. The zero-order valence-electron chi connectivity index (χ0n) is 9.50. The minimum Gasteiger partial charge on any atom is -0.481 e. The van der Waals surface area contributed by atoms with Crippen molar-refractivity contribution in [2.75, 3.05) is 0 Å². The van der Waals surface area contributed by atoms with Crippen LogP contribution in [0.1, 0.15) is 36.2 Å². The molecule has 0 spiro atoms. The standard InChI is InChI=1S/C13H15NO3/c15-12(11-3-1-2-8-14-11)9-4-6-10(7-5-9)13(16)17/h1-3,8-10H,4-7H2,(H,16,17). The number of carbonyl (C=O) groups excluding carboxylic acids is 1. The SMILES string of the molecule is O=C(O)C1CCC(C(=O)c2ccccn2)CC1. The molecule has 1 fully saturated rings. The van der Waals surface area contributed by atoms with Crippen molar-refractivity contribution >= 4 is 11.8 Å². The number of carboxylic acids is 1. The highest BCUT2D eigenvalue weighted by molar-refractivity contribution is 5.96. The van der Waals surface area contributed by atoms with Gasteiger partial charge in [0.15, 0.2) is 5.78 Å². The molecule has 1 aromatic rings. The van der Waals surface area contributed by atoms with Crippen LogP contribution in [0, 0.1) is 11.8 Å². The summed E-state index contributed by atoms with van der Waals surface area (Å²) >= 11 is 0. The van der Waals surface area contributed by atoms with E-state index in [2.05, 4.69) is 4.98 Å². The van der Waals surface area contributed by atoms with E-state index in [1.54, 1.807) is 24.4 Å². The maximum absolute atomic E-state index is 12.1. The zero-order valence-corrected chi connectivity index (χ0v) is 9.50. The molecular formula is C13H15NO3. The van der Waals surface area contributed by atoms with Gasteiger partial charge in [-0.05, 0) is 37.8 Å². The second-order valence-electron chi connectivity index (χ2n) is 4.47. The molecule has 1 heterocycles. The molecule has 17 heavy (non-hydrogen) atoms. The minimum absolute atomic E-state index is 0.0504. The number of aromatic nitrogens is 1. The first-order valence-electron chi connectivity index (χ1n) is 5.86. The van der Waals surface area contributed by atoms with Gasteiger partial charge >= 0.3 is 5.97 Å². The number of rotatable bonds is 3. The third-order valence-electron chi connectivity index (χ3n) is 3.36. The molecule has 1 aromatic heterocycles. The lowest BCUT2D eigenvalue weighted by Gasteiger charge is -2.24. The van der Waals surface area contributed by atoms with Gasteiger partial charge in [0.2, 0.25) is 0 Å². The fraction of sp³-hybridized carbons (Fsp3) is 0.462. The molecule has 1 saturated carbocycles. The fourth-order valence-electron chi connectivity index (χ4n) is 2.32. The van der Waals surface area contributed by atoms with Gasteiger partial charge in [-0.1, -0.05) is 6.07 Å². The smallest absolute Gasteiger partial charge is 0.306 e. The van der Waals surface area contributed by atoms with Crippen LogP contribution >= 0.6 is 0 Å². The molecule has 0 unspecified atom stereocenters. The molecule has 1 aliphatic rings. The number of pyridine rings is 1. The van der Waals surface area contributed by atoms with E-state index < -0.39 is 5.97 Å². The number of nitrogens with zero attached hydrogens (tertiary/aromatic N) is 1. The Morgan fingerprint density at radius 2 is 1.76 bits per heavy atom. The lowest BCUT2D eigenvalue weighted by Crippen LogP contribution is -2.26. The van der Waals surface area contributed by atoms with Gasteiger partial charge in [-0.15, -0.1) is 0 Å². The Morgan fingerprint density at radius 3 is 2.29 bits per heavy atom. The van der Waals surface area contributed by atoms with Crippen LogP contribution in [0.15, 0.2) is 24.4 Å². The Morgan fingerprint density at radius 1 is 1.12 bits per heavy atom. The Kier molecular flexibility index (Phi) is 3.52. The Hall–Kier alpha value is -1.71. The number of Topliss-reactive ketones (excluding diaryl/α,β-unsaturated/α-hetero) is 1. The summed E-state index contributed by atoms with van der Waals surface area (Å²) in [7, 11) is 0. The predicted molar refractivity (Wildman–Crippen MR) is 61.7 cm³/mol. The van der Waals surface area contributed by atoms with Crippen LogP contribution in [0.5, 0.6) is 0 Å². The van der Waals surface area contributed by atoms with E-state index in [4.69, 9.17) is 5.11 Å². The van der Waals surface area contributed by atoms with Crippen LogP contribution in [0.4, 0.5) is 0 Å². The van der Waals surface area contributed by atoms with E-state index in [0.29, 0.717) is 31.4 Å². The number of carbonyl (C=O) groups is 2. The van der Waals surface area contributed by atoms with Gasteiger partial charge in [0.25, 0.3) is 0 Å². The van der Waals surface area contributed by atoms with Crippen LogP contribution in [0.3, 0.4) is 0 Å². The first-order chi connectivity index (χ1) is 8.18. The van der Waals surface area contributed by atoms with E-state index >= 15 is 0 Å². The molecule has 4 heteroatoms. The first-order valence-corrected chi connectivity index (χ1v) is 5.86. The van der Waals surface area contributed by atoms with Crippen molar-refractivity contribution in [2.24, 2.45) is 11.8 Å². The molecule has 2 rings (SSSR count). The van der Waals surface area contributed by atoms with Crippen LogP contribution in [0.2, 0.25) is 0 Å².